The highest BCUT2D eigenvalue weighted by Gasteiger charge is 2.29. The molecule has 0 unspecified atom stereocenters. The van der Waals surface area contributed by atoms with Gasteiger partial charge in [0.15, 0.2) is 0 Å². The molecule has 0 aliphatic carbocycles. The summed E-state index contributed by atoms with van der Waals surface area (Å²) in [5.74, 6) is -0.460. The number of hydrogen-bond donors (Lipinski definition) is 2. The van der Waals surface area contributed by atoms with E-state index >= 15 is 0 Å². The molecule has 1 aliphatic heterocycles. The van der Waals surface area contributed by atoms with Crippen LogP contribution in [-0.2, 0) is 14.3 Å². The first-order valence-corrected chi connectivity index (χ1v) is 8.51. The van der Waals surface area contributed by atoms with E-state index in [0.29, 0.717) is 23.8 Å². The molecule has 1 heterocycles. The number of nitrogens with one attached hydrogen (secondary N) is 2. The lowest BCUT2D eigenvalue weighted by Crippen LogP contribution is -2.32. The molecule has 2 amide bonds. The molecule has 1 aromatic carbocycles. The zero-order valence-corrected chi connectivity index (χ0v) is 14.2. The van der Waals surface area contributed by atoms with E-state index in [-0.39, 0.29) is 29.9 Å². The van der Waals surface area contributed by atoms with Crippen LogP contribution in [0.2, 0.25) is 0 Å². The largest absolute Gasteiger partial charge is 0.383 e. The smallest absolute Gasteiger partial charge is 0.230 e. The lowest BCUT2D eigenvalue weighted by molar-refractivity contribution is -0.121. The van der Waals surface area contributed by atoms with E-state index in [9.17, 15) is 14.9 Å². The standard InChI is InChI=1S/C17H19N3O3S/c1-23-8-7-19-16(22)11-24-17-14(10-18)13(9-15(21)20-17)12-5-3-2-4-6-12/h2-6,13H,7-9,11H2,1H3,(H,19,22)(H,20,21)/t13-/m0/s1. The number of ether oxygens (including phenoxy) is 1. The fraction of sp³-hybridized carbons (Fsp3) is 0.353. The maximum absolute atomic E-state index is 12.0. The Labute approximate surface area is 145 Å². The van der Waals surface area contributed by atoms with Gasteiger partial charge in [0.1, 0.15) is 0 Å². The van der Waals surface area contributed by atoms with Crippen molar-refractivity contribution in [2.45, 2.75) is 12.3 Å². The van der Waals surface area contributed by atoms with E-state index in [1.54, 1.807) is 7.11 Å². The molecule has 6 nitrogen and oxygen atoms in total. The van der Waals surface area contributed by atoms with Crippen molar-refractivity contribution in [2.24, 2.45) is 0 Å². The van der Waals surface area contributed by atoms with E-state index in [1.807, 2.05) is 30.3 Å². The summed E-state index contributed by atoms with van der Waals surface area (Å²) in [6.45, 7) is 0.869. The number of hydrogen-bond acceptors (Lipinski definition) is 5. The third-order valence-corrected chi connectivity index (χ3v) is 4.55. The average Bonchev–Trinajstić information content (AvgIpc) is 2.60. The number of benzene rings is 1. The number of carbonyl (C=O) groups is 2. The highest BCUT2D eigenvalue weighted by Crippen LogP contribution is 2.35. The Morgan fingerprint density at radius 2 is 2.21 bits per heavy atom. The minimum atomic E-state index is -0.274. The van der Waals surface area contributed by atoms with Crippen molar-refractivity contribution >= 4 is 23.6 Å². The first-order chi connectivity index (χ1) is 11.7. The van der Waals surface area contributed by atoms with Crippen molar-refractivity contribution in [2.75, 3.05) is 26.0 Å². The Hall–Kier alpha value is -2.30. The predicted octanol–water partition coefficient (Wildman–Crippen LogP) is 1.52. The molecule has 1 aliphatic rings. The Balaban J connectivity index is 2.10. The van der Waals surface area contributed by atoms with Gasteiger partial charge in [-0.05, 0) is 5.56 Å². The topological polar surface area (TPSA) is 91.2 Å². The number of rotatable bonds is 7. The summed E-state index contributed by atoms with van der Waals surface area (Å²) in [7, 11) is 1.56. The Morgan fingerprint density at radius 3 is 2.88 bits per heavy atom. The maximum Gasteiger partial charge on any atom is 0.230 e. The van der Waals surface area contributed by atoms with Crippen molar-refractivity contribution in [3.05, 3.63) is 46.5 Å². The minimum absolute atomic E-state index is 0.131. The van der Waals surface area contributed by atoms with Gasteiger partial charge in [0.25, 0.3) is 0 Å². The Kier molecular flexibility index (Phi) is 6.85. The van der Waals surface area contributed by atoms with Gasteiger partial charge in [-0.15, -0.1) is 0 Å². The molecule has 1 aromatic rings. The lowest BCUT2D eigenvalue weighted by atomic mass is 9.87. The molecule has 1 atom stereocenters. The van der Waals surface area contributed by atoms with Gasteiger partial charge in [-0.3, -0.25) is 9.59 Å². The van der Waals surface area contributed by atoms with E-state index in [2.05, 4.69) is 16.7 Å². The molecule has 0 fully saturated rings. The molecule has 0 aromatic heterocycles. The minimum Gasteiger partial charge on any atom is -0.383 e. The molecule has 2 N–H and O–H groups in total. The molecular formula is C17H19N3O3S. The molecule has 24 heavy (non-hydrogen) atoms. The molecule has 126 valence electrons. The molecule has 0 radical (unpaired) electrons. The second-order valence-electron chi connectivity index (χ2n) is 5.20. The quantitative estimate of drug-likeness (QED) is 0.731. The number of methoxy groups -OCH3 is 1. The van der Waals surface area contributed by atoms with Crippen molar-refractivity contribution in [3.8, 4) is 6.07 Å². The molecule has 0 bridgehead atoms. The average molecular weight is 345 g/mol. The highest BCUT2D eigenvalue weighted by molar-refractivity contribution is 8.03. The lowest BCUT2D eigenvalue weighted by Gasteiger charge is -2.25. The van der Waals surface area contributed by atoms with Crippen LogP contribution in [0.1, 0.15) is 17.9 Å². The van der Waals surface area contributed by atoms with Crippen molar-refractivity contribution in [3.63, 3.8) is 0 Å². The number of nitrogens with zero attached hydrogens (tertiary/aromatic N) is 1. The Bertz CT molecular complexity index is 667. The van der Waals surface area contributed by atoms with Gasteiger partial charge in [-0.1, -0.05) is 42.1 Å². The molecule has 0 spiro atoms. The van der Waals surface area contributed by atoms with Crippen LogP contribution < -0.4 is 10.6 Å². The fourth-order valence-electron chi connectivity index (χ4n) is 2.38. The zero-order chi connectivity index (χ0) is 17.4. The van der Waals surface area contributed by atoms with E-state index in [4.69, 9.17) is 4.74 Å². The van der Waals surface area contributed by atoms with Crippen LogP contribution >= 0.6 is 11.8 Å². The van der Waals surface area contributed by atoms with Crippen molar-refractivity contribution in [1.82, 2.24) is 10.6 Å². The number of allylic oxidation sites excluding steroid dienone is 1. The summed E-state index contributed by atoms with van der Waals surface area (Å²) < 4.78 is 4.87. The third-order valence-electron chi connectivity index (χ3n) is 3.53. The van der Waals surface area contributed by atoms with Gasteiger partial charge in [0.05, 0.1) is 29.0 Å². The summed E-state index contributed by atoms with van der Waals surface area (Å²) >= 11 is 1.17. The number of amides is 2. The van der Waals surface area contributed by atoms with Crippen LogP contribution in [0.5, 0.6) is 0 Å². The number of nitriles is 1. The monoisotopic (exact) mass is 345 g/mol. The second kappa shape index (κ2) is 9.11. The second-order valence-corrected chi connectivity index (χ2v) is 6.19. The summed E-state index contributed by atoms with van der Waals surface area (Å²) in [5.41, 5.74) is 1.42. The van der Waals surface area contributed by atoms with Crippen molar-refractivity contribution in [1.29, 1.82) is 5.26 Å². The zero-order valence-electron chi connectivity index (χ0n) is 13.4. The Morgan fingerprint density at radius 1 is 1.46 bits per heavy atom. The SMILES string of the molecule is COCCNC(=O)CSC1=C(C#N)[C@H](c2ccccc2)CC(=O)N1. The van der Waals surface area contributed by atoms with Gasteiger partial charge < -0.3 is 15.4 Å². The summed E-state index contributed by atoms with van der Waals surface area (Å²) in [6, 6.07) is 11.7. The van der Waals surface area contributed by atoms with Crippen LogP contribution in [0, 0.1) is 11.3 Å². The third kappa shape index (κ3) is 4.85. The summed E-state index contributed by atoms with van der Waals surface area (Å²) in [4.78, 5) is 23.8. The van der Waals surface area contributed by atoms with Gasteiger partial charge in [-0.25, -0.2) is 0 Å². The maximum atomic E-state index is 12.0. The first-order valence-electron chi connectivity index (χ1n) is 7.53. The molecule has 0 saturated heterocycles. The van der Waals surface area contributed by atoms with Crippen molar-refractivity contribution < 1.29 is 14.3 Å². The molecule has 7 heteroatoms. The molecule has 0 saturated carbocycles. The fourth-order valence-corrected chi connectivity index (χ4v) is 3.29. The number of carbonyl (C=O) groups excluding carboxylic acids is 2. The first kappa shape index (κ1) is 18.0. The molecule has 2 rings (SSSR count). The highest BCUT2D eigenvalue weighted by atomic mass is 32.2. The van der Waals surface area contributed by atoms with Crippen LogP contribution in [0.25, 0.3) is 0 Å². The van der Waals surface area contributed by atoms with Crippen LogP contribution in [0.3, 0.4) is 0 Å². The van der Waals surface area contributed by atoms with Crippen LogP contribution in [0.4, 0.5) is 0 Å². The van der Waals surface area contributed by atoms with Gasteiger partial charge in [0.2, 0.25) is 11.8 Å². The normalized spacial score (nSPS) is 17.2. The van der Waals surface area contributed by atoms with Gasteiger partial charge in [0, 0.05) is 26.0 Å². The van der Waals surface area contributed by atoms with E-state index in [1.165, 1.54) is 11.8 Å². The summed E-state index contributed by atoms with van der Waals surface area (Å²) in [6.07, 6.45) is 0.233. The van der Waals surface area contributed by atoms with Gasteiger partial charge >= 0.3 is 0 Å². The van der Waals surface area contributed by atoms with E-state index < -0.39 is 0 Å². The predicted molar refractivity (Wildman–Crippen MR) is 91.9 cm³/mol. The number of thioether (sulfide) groups is 1. The van der Waals surface area contributed by atoms with Crippen LogP contribution in [0.15, 0.2) is 40.9 Å². The van der Waals surface area contributed by atoms with Gasteiger partial charge in [-0.2, -0.15) is 5.26 Å². The summed E-state index contributed by atoms with van der Waals surface area (Å²) in [5, 5.41) is 15.4. The van der Waals surface area contributed by atoms with Crippen LogP contribution in [-0.4, -0.2) is 37.8 Å². The van der Waals surface area contributed by atoms with E-state index in [0.717, 1.165) is 5.56 Å². The molecular weight excluding hydrogens is 326 g/mol.